The molecule has 0 radical (unpaired) electrons. The van der Waals surface area contributed by atoms with Crippen LogP contribution >= 0.6 is 0 Å². The summed E-state index contributed by atoms with van der Waals surface area (Å²) in [7, 11) is 0. The van der Waals surface area contributed by atoms with E-state index in [1.807, 2.05) is 50.2 Å². The Labute approximate surface area is 179 Å². The van der Waals surface area contributed by atoms with Gasteiger partial charge in [0.2, 0.25) is 11.9 Å². The molecule has 0 aliphatic carbocycles. The van der Waals surface area contributed by atoms with Crippen molar-refractivity contribution in [1.82, 2.24) is 15.0 Å². The van der Waals surface area contributed by atoms with Crippen LogP contribution in [0, 0.1) is 13.8 Å². The average Bonchev–Trinajstić information content (AvgIpc) is 2.73. The van der Waals surface area contributed by atoms with E-state index in [1.54, 1.807) is 17.0 Å². The molecule has 0 unspecified atom stereocenters. The number of carbonyl (C=O) groups is 2. The maximum Gasteiger partial charge on any atom is 0.338 e. The van der Waals surface area contributed by atoms with Crippen LogP contribution in [0.2, 0.25) is 0 Å². The Bertz CT molecular complexity index is 1070. The van der Waals surface area contributed by atoms with E-state index >= 15 is 0 Å². The summed E-state index contributed by atoms with van der Waals surface area (Å²) in [6, 6.07) is 14.5. The lowest BCUT2D eigenvalue weighted by atomic mass is 10.1. The minimum absolute atomic E-state index is 0.0497. The second-order valence-corrected chi connectivity index (χ2v) is 6.88. The Morgan fingerprint density at radius 2 is 1.52 bits per heavy atom. The average molecular weight is 421 g/mol. The van der Waals surface area contributed by atoms with Gasteiger partial charge in [0.25, 0.3) is 0 Å². The van der Waals surface area contributed by atoms with Crippen molar-refractivity contribution in [3.8, 4) is 0 Å². The molecular formula is C22H23N5O4. The van der Waals surface area contributed by atoms with E-state index in [-0.39, 0.29) is 31.1 Å². The molecule has 2 N–H and O–H groups in total. The van der Waals surface area contributed by atoms with Gasteiger partial charge in [0, 0.05) is 12.6 Å². The number of anilines is 3. The first-order valence-corrected chi connectivity index (χ1v) is 9.53. The minimum atomic E-state index is -0.504. The number of nitrogens with two attached hydrogens (primary N) is 1. The van der Waals surface area contributed by atoms with E-state index < -0.39 is 11.9 Å². The monoisotopic (exact) mass is 421 g/mol. The summed E-state index contributed by atoms with van der Waals surface area (Å²) in [5, 5.41) is 0. The predicted octanol–water partition coefficient (Wildman–Crippen LogP) is 3.09. The van der Waals surface area contributed by atoms with Gasteiger partial charge in [-0.25, -0.2) is 4.79 Å². The zero-order chi connectivity index (χ0) is 22.4. The van der Waals surface area contributed by atoms with Gasteiger partial charge in [-0.05, 0) is 38.1 Å². The third-order valence-electron chi connectivity index (χ3n) is 4.29. The summed E-state index contributed by atoms with van der Waals surface area (Å²) in [6.45, 7) is 4.89. The van der Waals surface area contributed by atoms with Crippen molar-refractivity contribution in [3.05, 3.63) is 71.0 Å². The van der Waals surface area contributed by atoms with Crippen molar-refractivity contribution in [2.75, 3.05) is 17.4 Å². The quantitative estimate of drug-likeness (QED) is 0.453. The topological polar surface area (TPSA) is 121 Å². The summed E-state index contributed by atoms with van der Waals surface area (Å²) in [5.41, 5.74) is 9.07. The second-order valence-electron chi connectivity index (χ2n) is 6.88. The number of aryl methyl sites for hydroxylation is 2. The molecule has 31 heavy (non-hydrogen) atoms. The molecule has 9 heteroatoms. The summed E-state index contributed by atoms with van der Waals surface area (Å²) >= 11 is 0. The van der Waals surface area contributed by atoms with Gasteiger partial charge in [-0.15, -0.1) is 0 Å². The Balaban J connectivity index is 1.82. The zero-order valence-corrected chi connectivity index (χ0v) is 17.5. The number of nitrogen functional groups attached to an aromatic ring is 1. The van der Waals surface area contributed by atoms with Crippen molar-refractivity contribution in [2.45, 2.75) is 27.4 Å². The van der Waals surface area contributed by atoms with Gasteiger partial charge in [-0.2, -0.15) is 15.0 Å². The lowest BCUT2D eigenvalue weighted by Gasteiger charge is -2.22. The van der Waals surface area contributed by atoms with Crippen LogP contribution in [0.3, 0.4) is 0 Å². The number of ether oxygens (including phenoxy) is 2. The highest BCUT2D eigenvalue weighted by Gasteiger charge is 2.17. The standard InChI is InChI=1S/C22H23N5O4/c1-14-4-8-17(9-5-14)20(29)30-12-19-24-21(23)26-22(25-19)27(13-31-16(3)28)18-10-6-15(2)7-11-18/h4-11H,12-13H2,1-3H3,(H2,23,24,25,26). The van der Waals surface area contributed by atoms with Crippen LogP contribution in [-0.2, 0) is 20.9 Å². The van der Waals surface area contributed by atoms with Crippen LogP contribution in [0.15, 0.2) is 48.5 Å². The second kappa shape index (κ2) is 9.66. The smallest absolute Gasteiger partial charge is 0.338 e. The van der Waals surface area contributed by atoms with Gasteiger partial charge < -0.3 is 15.2 Å². The lowest BCUT2D eigenvalue weighted by molar-refractivity contribution is -0.140. The van der Waals surface area contributed by atoms with Crippen molar-refractivity contribution in [1.29, 1.82) is 0 Å². The number of aromatic nitrogens is 3. The van der Waals surface area contributed by atoms with Crippen LogP contribution in [0.4, 0.5) is 17.6 Å². The van der Waals surface area contributed by atoms with Gasteiger partial charge >= 0.3 is 11.9 Å². The highest BCUT2D eigenvalue weighted by molar-refractivity contribution is 5.89. The summed E-state index contributed by atoms with van der Waals surface area (Å²) in [5.74, 6) is -0.671. The molecule has 0 fully saturated rings. The largest absolute Gasteiger partial charge is 0.454 e. The molecule has 160 valence electrons. The molecule has 3 aromatic rings. The van der Waals surface area contributed by atoms with Crippen molar-refractivity contribution in [3.63, 3.8) is 0 Å². The Morgan fingerprint density at radius 3 is 2.13 bits per heavy atom. The van der Waals surface area contributed by atoms with Gasteiger partial charge in [-0.3, -0.25) is 9.69 Å². The molecule has 0 aliphatic heterocycles. The number of esters is 2. The normalized spacial score (nSPS) is 10.4. The van der Waals surface area contributed by atoms with Gasteiger partial charge in [-0.1, -0.05) is 35.4 Å². The highest BCUT2D eigenvalue weighted by atomic mass is 16.5. The summed E-state index contributed by atoms with van der Waals surface area (Å²) in [4.78, 5) is 37.7. The van der Waals surface area contributed by atoms with Crippen molar-refractivity contribution in [2.24, 2.45) is 0 Å². The molecule has 1 aromatic heterocycles. The molecule has 0 aliphatic rings. The van der Waals surface area contributed by atoms with Crippen LogP contribution in [0.25, 0.3) is 0 Å². The zero-order valence-electron chi connectivity index (χ0n) is 17.5. The van der Waals surface area contributed by atoms with Crippen LogP contribution in [0.5, 0.6) is 0 Å². The first kappa shape index (κ1) is 21.7. The third-order valence-corrected chi connectivity index (χ3v) is 4.29. The number of rotatable bonds is 7. The van der Waals surface area contributed by atoms with Gasteiger partial charge in [0.1, 0.15) is 0 Å². The SMILES string of the molecule is CC(=O)OCN(c1ccc(C)cc1)c1nc(N)nc(COC(=O)c2ccc(C)cc2)n1. The number of nitrogens with zero attached hydrogens (tertiary/aromatic N) is 4. The van der Waals surface area contributed by atoms with E-state index in [0.29, 0.717) is 11.3 Å². The summed E-state index contributed by atoms with van der Waals surface area (Å²) < 4.78 is 10.5. The first-order chi connectivity index (χ1) is 14.8. The molecular weight excluding hydrogens is 398 g/mol. The van der Waals surface area contributed by atoms with E-state index in [4.69, 9.17) is 15.2 Å². The van der Waals surface area contributed by atoms with E-state index in [2.05, 4.69) is 15.0 Å². The third kappa shape index (κ3) is 5.99. The molecule has 9 nitrogen and oxygen atoms in total. The van der Waals surface area contributed by atoms with E-state index in [9.17, 15) is 9.59 Å². The molecule has 0 saturated carbocycles. The highest BCUT2D eigenvalue weighted by Crippen LogP contribution is 2.23. The minimum Gasteiger partial charge on any atom is -0.454 e. The molecule has 3 rings (SSSR count). The van der Waals surface area contributed by atoms with Crippen LogP contribution in [-0.4, -0.2) is 33.6 Å². The van der Waals surface area contributed by atoms with Crippen LogP contribution < -0.4 is 10.6 Å². The fourth-order valence-electron chi connectivity index (χ4n) is 2.64. The fraction of sp³-hybridized carbons (Fsp3) is 0.227. The molecule has 0 bridgehead atoms. The Hall–Kier alpha value is -4.01. The fourth-order valence-corrected chi connectivity index (χ4v) is 2.64. The molecule has 0 saturated heterocycles. The van der Waals surface area contributed by atoms with E-state index in [1.165, 1.54) is 6.92 Å². The first-order valence-electron chi connectivity index (χ1n) is 9.53. The predicted molar refractivity (Wildman–Crippen MR) is 114 cm³/mol. The van der Waals surface area contributed by atoms with Crippen molar-refractivity contribution >= 4 is 29.5 Å². The summed E-state index contributed by atoms with van der Waals surface area (Å²) in [6.07, 6.45) is 0. The maximum absolute atomic E-state index is 12.3. The lowest BCUT2D eigenvalue weighted by Crippen LogP contribution is -2.25. The molecule has 0 atom stereocenters. The van der Waals surface area contributed by atoms with Gasteiger partial charge in [0.05, 0.1) is 5.56 Å². The number of hydrogen-bond donors (Lipinski definition) is 1. The molecule has 0 amide bonds. The number of benzene rings is 2. The molecule has 1 heterocycles. The number of hydrogen-bond acceptors (Lipinski definition) is 9. The Kier molecular flexibility index (Phi) is 6.76. The molecule has 0 spiro atoms. The Morgan fingerprint density at radius 1 is 0.903 bits per heavy atom. The van der Waals surface area contributed by atoms with Crippen molar-refractivity contribution < 1.29 is 19.1 Å². The molecule has 2 aromatic carbocycles. The number of carbonyl (C=O) groups excluding carboxylic acids is 2. The maximum atomic E-state index is 12.3. The van der Waals surface area contributed by atoms with Crippen LogP contribution in [0.1, 0.15) is 34.2 Å². The van der Waals surface area contributed by atoms with Gasteiger partial charge in [0.15, 0.2) is 19.2 Å². The van der Waals surface area contributed by atoms with E-state index in [0.717, 1.165) is 11.1 Å².